The molecule has 1 N–H and O–H groups in total. The summed E-state index contributed by atoms with van der Waals surface area (Å²) in [5.74, 6) is -2.81. The molecule has 0 bridgehead atoms. The van der Waals surface area contributed by atoms with Crippen molar-refractivity contribution < 1.29 is 18.3 Å². The molecule has 1 aliphatic heterocycles. The zero-order valence-corrected chi connectivity index (χ0v) is 10.4. The molecular formula is C11H10BrF2NO2. The van der Waals surface area contributed by atoms with Crippen LogP contribution in [0.15, 0.2) is 16.6 Å². The van der Waals surface area contributed by atoms with Gasteiger partial charge in [0, 0.05) is 11.1 Å². The van der Waals surface area contributed by atoms with Gasteiger partial charge in [0.15, 0.2) is 11.6 Å². The van der Waals surface area contributed by atoms with Gasteiger partial charge >= 0.3 is 0 Å². The van der Waals surface area contributed by atoms with E-state index in [4.69, 9.17) is 4.74 Å². The molecule has 0 spiro atoms. The van der Waals surface area contributed by atoms with Crippen LogP contribution in [-0.4, -0.2) is 25.2 Å². The van der Waals surface area contributed by atoms with Crippen molar-refractivity contribution in [3.05, 3.63) is 33.8 Å². The minimum Gasteiger partial charge on any atom is -0.379 e. The first kappa shape index (κ1) is 12.4. The van der Waals surface area contributed by atoms with Crippen LogP contribution >= 0.6 is 15.9 Å². The van der Waals surface area contributed by atoms with Crippen molar-refractivity contribution in [2.24, 2.45) is 0 Å². The second-order valence-electron chi connectivity index (χ2n) is 3.78. The smallest absolute Gasteiger partial charge is 0.254 e. The summed E-state index contributed by atoms with van der Waals surface area (Å²) in [4.78, 5) is 11.7. The van der Waals surface area contributed by atoms with Crippen LogP contribution in [0.3, 0.4) is 0 Å². The van der Waals surface area contributed by atoms with Crippen LogP contribution < -0.4 is 5.32 Å². The lowest BCUT2D eigenvalue weighted by molar-refractivity contribution is 0.0924. The summed E-state index contributed by atoms with van der Waals surface area (Å²) < 4.78 is 31.9. The number of hydrogen-bond acceptors (Lipinski definition) is 2. The maximum atomic E-state index is 13.4. The van der Waals surface area contributed by atoms with E-state index in [0.29, 0.717) is 24.1 Å². The predicted molar refractivity (Wildman–Crippen MR) is 60.7 cm³/mol. The molecule has 1 aromatic carbocycles. The number of ether oxygens (including phenoxy) is 1. The van der Waals surface area contributed by atoms with Crippen molar-refractivity contribution in [2.45, 2.75) is 12.5 Å². The Hall–Kier alpha value is -1.01. The van der Waals surface area contributed by atoms with E-state index in [-0.39, 0.29) is 11.6 Å². The highest BCUT2D eigenvalue weighted by molar-refractivity contribution is 9.10. The summed E-state index contributed by atoms with van der Waals surface area (Å²) in [7, 11) is 0. The molecule has 6 heteroatoms. The number of benzene rings is 1. The standard InChI is InChI=1S/C11H10BrF2NO2/c12-6-3-8(10(14)9(13)4-6)11(16)15-7-1-2-17-5-7/h3-4,7H,1-2,5H2,(H,15,16). The molecule has 1 heterocycles. The molecule has 0 saturated carbocycles. The second kappa shape index (κ2) is 5.10. The van der Waals surface area contributed by atoms with Crippen LogP contribution in [0.5, 0.6) is 0 Å². The average molecular weight is 306 g/mol. The minimum absolute atomic E-state index is 0.135. The Bertz CT molecular complexity index is 447. The summed E-state index contributed by atoms with van der Waals surface area (Å²) in [6.07, 6.45) is 0.684. The normalized spacial score (nSPS) is 19.4. The first-order valence-corrected chi connectivity index (χ1v) is 5.90. The van der Waals surface area contributed by atoms with Crippen molar-refractivity contribution in [1.29, 1.82) is 0 Å². The lowest BCUT2D eigenvalue weighted by atomic mass is 10.1. The Balaban J connectivity index is 2.18. The van der Waals surface area contributed by atoms with E-state index in [1.165, 1.54) is 6.07 Å². The molecule has 92 valence electrons. The zero-order chi connectivity index (χ0) is 12.4. The van der Waals surface area contributed by atoms with E-state index in [0.717, 1.165) is 6.07 Å². The Morgan fingerprint density at radius 2 is 2.24 bits per heavy atom. The van der Waals surface area contributed by atoms with Crippen LogP contribution in [0, 0.1) is 11.6 Å². The fourth-order valence-corrected chi connectivity index (χ4v) is 2.06. The third-order valence-electron chi connectivity index (χ3n) is 2.50. The summed E-state index contributed by atoms with van der Waals surface area (Å²) in [5, 5.41) is 2.60. The summed E-state index contributed by atoms with van der Waals surface area (Å²) >= 11 is 3.02. The first-order valence-electron chi connectivity index (χ1n) is 5.11. The van der Waals surface area contributed by atoms with Gasteiger partial charge < -0.3 is 10.1 Å². The number of nitrogens with one attached hydrogen (secondary N) is 1. The lowest BCUT2D eigenvalue weighted by Crippen LogP contribution is -2.35. The van der Waals surface area contributed by atoms with Gasteiger partial charge in [-0.25, -0.2) is 8.78 Å². The van der Waals surface area contributed by atoms with E-state index < -0.39 is 17.5 Å². The second-order valence-corrected chi connectivity index (χ2v) is 4.70. The van der Waals surface area contributed by atoms with Gasteiger partial charge in [-0.15, -0.1) is 0 Å². The molecule has 0 radical (unpaired) electrons. The molecule has 1 atom stereocenters. The fourth-order valence-electron chi connectivity index (χ4n) is 1.63. The van der Waals surface area contributed by atoms with Gasteiger partial charge in [0.2, 0.25) is 0 Å². The lowest BCUT2D eigenvalue weighted by Gasteiger charge is -2.11. The van der Waals surface area contributed by atoms with Gasteiger partial charge in [-0.3, -0.25) is 4.79 Å². The number of amides is 1. The Labute approximate surface area is 105 Å². The predicted octanol–water partition coefficient (Wildman–Crippen LogP) is 2.25. The molecule has 1 fully saturated rings. The Morgan fingerprint density at radius 3 is 2.88 bits per heavy atom. The molecule has 17 heavy (non-hydrogen) atoms. The van der Waals surface area contributed by atoms with Crippen LogP contribution in [0.1, 0.15) is 16.8 Å². The molecule has 1 saturated heterocycles. The molecule has 3 nitrogen and oxygen atoms in total. The number of hydrogen-bond donors (Lipinski definition) is 1. The molecule has 2 rings (SSSR count). The topological polar surface area (TPSA) is 38.3 Å². The maximum Gasteiger partial charge on any atom is 0.254 e. The van der Waals surface area contributed by atoms with Crippen LogP contribution in [-0.2, 0) is 4.74 Å². The SMILES string of the molecule is O=C(NC1CCOC1)c1cc(Br)cc(F)c1F. The monoisotopic (exact) mass is 305 g/mol. The third-order valence-corrected chi connectivity index (χ3v) is 2.96. The Kier molecular flexibility index (Phi) is 3.73. The van der Waals surface area contributed by atoms with Crippen LogP contribution in [0.2, 0.25) is 0 Å². The van der Waals surface area contributed by atoms with Crippen molar-refractivity contribution in [3.63, 3.8) is 0 Å². The van der Waals surface area contributed by atoms with E-state index in [1.54, 1.807) is 0 Å². The molecule has 0 aliphatic carbocycles. The molecule has 0 aromatic heterocycles. The highest BCUT2D eigenvalue weighted by Crippen LogP contribution is 2.19. The number of carbonyl (C=O) groups excluding carboxylic acids is 1. The van der Waals surface area contributed by atoms with Gasteiger partial charge in [0.25, 0.3) is 5.91 Å². The molecule has 1 aliphatic rings. The summed E-state index contributed by atoms with van der Waals surface area (Å²) in [6, 6.07) is 2.10. The first-order chi connectivity index (χ1) is 8.08. The van der Waals surface area contributed by atoms with Crippen molar-refractivity contribution >= 4 is 21.8 Å². The molecular weight excluding hydrogens is 296 g/mol. The number of carbonyl (C=O) groups is 1. The van der Waals surface area contributed by atoms with Gasteiger partial charge in [0.05, 0.1) is 18.2 Å². The van der Waals surface area contributed by atoms with E-state index in [1.807, 2.05) is 0 Å². The zero-order valence-electron chi connectivity index (χ0n) is 8.80. The van der Waals surface area contributed by atoms with E-state index >= 15 is 0 Å². The number of halogens is 3. The highest BCUT2D eigenvalue weighted by atomic mass is 79.9. The van der Waals surface area contributed by atoms with Crippen molar-refractivity contribution in [3.8, 4) is 0 Å². The van der Waals surface area contributed by atoms with Crippen molar-refractivity contribution in [2.75, 3.05) is 13.2 Å². The maximum absolute atomic E-state index is 13.4. The largest absolute Gasteiger partial charge is 0.379 e. The van der Waals surface area contributed by atoms with Gasteiger partial charge in [-0.2, -0.15) is 0 Å². The van der Waals surface area contributed by atoms with Crippen molar-refractivity contribution in [1.82, 2.24) is 5.32 Å². The van der Waals surface area contributed by atoms with Crippen LogP contribution in [0.4, 0.5) is 8.78 Å². The molecule has 1 amide bonds. The quantitative estimate of drug-likeness (QED) is 0.851. The van der Waals surface area contributed by atoms with Crippen LogP contribution in [0.25, 0.3) is 0 Å². The minimum atomic E-state index is -1.13. The van der Waals surface area contributed by atoms with Gasteiger partial charge in [-0.05, 0) is 18.6 Å². The summed E-state index contributed by atoms with van der Waals surface area (Å²) in [6.45, 7) is 0.976. The summed E-state index contributed by atoms with van der Waals surface area (Å²) in [5.41, 5.74) is -0.302. The average Bonchev–Trinajstić information content (AvgIpc) is 2.76. The van der Waals surface area contributed by atoms with E-state index in [9.17, 15) is 13.6 Å². The van der Waals surface area contributed by atoms with Gasteiger partial charge in [-0.1, -0.05) is 15.9 Å². The molecule has 1 unspecified atom stereocenters. The van der Waals surface area contributed by atoms with E-state index in [2.05, 4.69) is 21.2 Å². The third kappa shape index (κ3) is 2.81. The molecule has 1 aromatic rings. The highest BCUT2D eigenvalue weighted by Gasteiger charge is 2.22. The fraction of sp³-hybridized carbons (Fsp3) is 0.364. The van der Waals surface area contributed by atoms with Gasteiger partial charge in [0.1, 0.15) is 0 Å². The Morgan fingerprint density at radius 1 is 1.47 bits per heavy atom. The number of rotatable bonds is 2.